The Morgan fingerprint density at radius 3 is 2.16 bits per heavy atom. The van der Waals surface area contributed by atoms with Crippen molar-refractivity contribution in [2.24, 2.45) is 0 Å². The quantitative estimate of drug-likeness (QED) is 0.0655. The van der Waals surface area contributed by atoms with Gasteiger partial charge in [-0.3, -0.25) is 4.79 Å². The summed E-state index contributed by atoms with van der Waals surface area (Å²) in [5.74, 6) is 12.4. The number of ether oxygens (including phenoxy) is 2. The molecule has 0 aliphatic heterocycles. The molecule has 0 amide bonds. The van der Waals surface area contributed by atoms with Gasteiger partial charge in [0.1, 0.15) is 6.61 Å². The van der Waals surface area contributed by atoms with E-state index in [0.717, 1.165) is 32.1 Å². The number of hydrogen-bond donors (Lipinski definition) is 0. The van der Waals surface area contributed by atoms with Gasteiger partial charge in [-0.25, -0.2) is 4.79 Å². The maximum absolute atomic E-state index is 11.9. The molecule has 0 radical (unpaired) electrons. The number of carbonyl (C=O) groups is 2. The fraction of sp³-hybridized carbons (Fsp3) is 0.600. The summed E-state index contributed by atoms with van der Waals surface area (Å²) in [5.41, 5.74) is 0. The molecule has 0 heterocycles. The van der Waals surface area contributed by atoms with Gasteiger partial charge in [0.05, 0.1) is 14.4 Å². The first-order valence-electron chi connectivity index (χ1n) is 9.24. The molecule has 0 aliphatic rings. The van der Waals surface area contributed by atoms with Gasteiger partial charge in [-0.15, -0.1) is 0 Å². The number of phosphoric acid groups is 1. The third kappa shape index (κ3) is 25.9. The van der Waals surface area contributed by atoms with Crippen LogP contribution in [0.3, 0.4) is 0 Å². The van der Waals surface area contributed by atoms with Crippen LogP contribution in [-0.2, 0) is 28.2 Å². The number of phosphoric ester groups is 1. The fourth-order valence-electron chi connectivity index (χ4n) is 2.00. The van der Waals surface area contributed by atoms with Crippen LogP contribution in [0.5, 0.6) is 0 Å². The molecule has 0 saturated heterocycles. The van der Waals surface area contributed by atoms with Crippen LogP contribution < -0.4 is 68.9 Å². The molecule has 0 bridgehead atoms. The van der Waals surface area contributed by atoms with Crippen molar-refractivity contribution in [2.45, 2.75) is 64.9 Å². The maximum Gasteiger partial charge on any atom is 1.00 e. The molecule has 31 heavy (non-hydrogen) atoms. The molecule has 0 aromatic heterocycles. The van der Waals surface area contributed by atoms with E-state index in [1.807, 2.05) is 0 Å². The van der Waals surface area contributed by atoms with Crippen molar-refractivity contribution in [1.29, 1.82) is 0 Å². The predicted molar refractivity (Wildman–Crippen MR) is 101 cm³/mol. The number of hydrogen-bond acceptors (Lipinski definition) is 8. The molecule has 1 atom stereocenters. The minimum Gasteiger partial charge on any atom is -0.790 e. The Kier molecular flexibility index (Phi) is 26.1. The minimum absolute atomic E-state index is 0. The van der Waals surface area contributed by atoms with E-state index in [9.17, 15) is 23.9 Å². The van der Waals surface area contributed by atoms with E-state index in [1.165, 1.54) is 0 Å². The zero-order valence-corrected chi connectivity index (χ0v) is 23.5. The number of carbonyl (C=O) groups excluding carboxylic acids is 2. The van der Waals surface area contributed by atoms with E-state index in [0.29, 0.717) is 6.42 Å². The van der Waals surface area contributed by atoms with Crippen LogP contribution in [0.4, 0.5) is 0 Å². The molecule has 0 rings (SSSR count). The Hall–Kier alpha value is -0.270. The minimum atomic E-state index is -5.27. The van der Waals surface area contributed by atoms with Crippen LogP contribution in [-0.4, -0.2) is 31.3 Å². The van der Waals surface area contributed by atoms with Crippen molar-refractivity contribution in [3.8, 4) is 35.5 Å². The van der Waals surface area contributed by atoms with Gasteiger partial charge < -0.3 is 28.3 Å². The van der Waals surface area contributed by atoms with E-state index in [1.54, 1.807) is 6.92 Å². The molecule has 0 fully saturated rings. The molecule has 0 aromatic rings. The average molecular weight is 470 g/mol. The monoisotopic (exact) mass is 470 g/mol. The summed E-state index contributed by atoms with van der Waals surface area (Å²) in [7, 11) is -5.27. The van der Waals surface area contributed by atoms with Crippen molar-refractivity contribution in [3.05, 3.63) is 0 Å². The topological polar surface area (TPSA) is 125 Å². The van der Waals surface area contributed by atoms with Crippen LogP contribution in [0.15, 0.2) is 0 Å². The number of unbranched alkanes of at least 4 members (excludes halogenated alkanes) is 5. The van der Waals surface area contributed by atoms with Crippen molar-refractivity contribution >= 4 is 19.8 Å². The van der Waals surface area contributed by atoms with E-state index >= 15 is 0 Å². The van der Waals surface area contributed by atoms with Crippen LogP contribution in [0.2, 0.25) is 0 Å². The van der Waals surface area contributed by atoms with E-state index < -0.39 is 39.1 Å². The van der Waals surface area contributed by atoms with Gasteiger partial charge in [0.15, 0.2) is 6.10 Å². The largest absolute Gasteiger partial charge is 1.00 e. The molecule has 0 spiro atoms. The zero-order chi connectivity index (χ0) is 22.0. The Bertz CT molecular complexity index is 746. The van der Waals surface area contributed by atoms with Gasteiger partial charge >= 0.3 is 71.1 Å². The molecule has 160 valence electrons. The fourth-order valence-corrected chi connectivity index (χ4v) is 2.35. The predicted octanol–water partition coefficient (Wildman–Crippen LogP) is -4.92. The average Bonchev–Trinajstić information content (AvgIpc) is 2.65. The summed E-state index contributed by atoms with van der Waals surface area (Å²) in [6.45, 7) is 2.43. The Balaban J connectivity index is -0.00000392. The normalized spacial score (nSPS) is 10.2. The van der Waals surface area contributed by atoms with Crippen LogP contribution >= 0.6 is 7.82 Å². The summed E-state index contributed by atoms with van der Waals surface area (Å²) in [6, 6.07) is 0. The summed E-state index contributed by atoms with van der Waals surface area (Å²) < 4.78 is 24.6. The third-order valence-electron chi connectivity index (χ3n) is 3.33. The molecule has 0 aliphatic carbocycles. The molecule has 0 aromatic carbocycles. The van der Waals surface area contributed by atoms with Gasteiger partial charge in [-0.1, -0.05) is 44.9 Å². The molecule has 8 nitrogen and oxygen atoms in total. The SMILES string of the molecule is CC#CC#CC#CC(=O)OC[C@H](COP(=O)([O-])[O-])OC(=O)CCCCCCCC.[Na+].[Na+]. The Morgan fingerprint density at radius 1 is 0.935 bits per heavy atom. The molecular weight excluding hydrogens is 445 g/mol. The second kappa shape index (κ2) is 22.9. The van der Waals surface area contributed by atoms with Crippen molar-refractivity contribution in [1.82, 2.24) is 0 Å². The number of rotatable bonds is 13. The summed E-state index contributed by atoms with van der Waals surface area (Å²) in [6.07, 6.45) is 4.71. The first kappa shape index (κ1) is 35.3. The van der Waals surface area contributed by atoms with Crippen LogP contribution in [0, 0.1) is 35.5 Å². The van der Waals surface area contributed by atoms with E-state index in [4.69, 9.17) is 9.47 Å². The Morgan fingerprint density at radius 2 is 1.55 bits per heavy atom. The summed E-state index contributed by atoms with van der Waals surface area (Å²) in [5, 5.41) is 0. The second-order valence-corrected chi connectivity index (χ2v) is 7.00. The van der Waals surface area contributed by atoms with Crippen LogP contribution in [0.25, 0.3) is 0 Å². The zero-order valence-electron chi connectivity index (χ0n) is 18.7. The summed E-state index contributed by atoms with van der Waals surface area (Å²) >= 11 is 0. The Labute approximate surface area is 228 Å². The van der Waals surface area contributed by atoms with E-state index in [2.05, 4.69) is 47.0 Å². The van der Waals surface area contributed by atoms with Crippen molar-refractivity contribution in [2.75, 3.05) is 13.2 Å². The molecule has 11 heteroatoms. The molecular formula is C20H25Na2O8P. The molecule has 0 saturated carbocycles. The third-order valence-corrected chi connectivity index (χ3v) is 3.79. The van der Waals surface area contributed by atoms with Crippen molar-refractivity contribution in [3.63, 3.8) is 0 Å². The van der Waals surface area contributed by atoms with Gasteiger partial charge in [-0.2, -0.15) is 0 Å². The van der Waals surface area contributed by atoms with Gasteiger partial charge in [0.2, 0.25) is 0 Å². The molecule has 0 N–H and O–H groups in total. The van der Waals surface area contributed by atoms with Crippen LogP contribution in [0.1, 0.15) is 58.8 Å². The van der Waals surface area contributed by atoms with E-state index in [-0.39, 0.29) is 65.5 Å². The number of esters is 2. The second-order valence-electron chi connectivity index (χ2n) is 5.85. The first-order valence-corrected chi connectivity index (χ1v) is 10.7. The van der Waals surface area contributed by atoms with Gasteiger partial charge in [-0.05, 0) is 37.0 Å². The maximum atomic E-state index is 11.9. The standard InChI is InChI=1S/C20H27O8P.2Na/c1-3-5-7-9-11-13-15-20(22)28-18(17-27-29(23,24)25)16-26-19(21)14-12-10-8-6-4-2;;/h18H,3,5,7,9,11,13,15-17H2,1-2H3,(H2,23,24,25);;/q;2*+1/p-2/t18-;;/m1../s1. The van der Waals surface area contributed by atoms with Gasteiger partial charge in [0, 0.05) is 12.3 Å². The first-order chi connectivity index (χ1) is 13.8. The van der Waals surface area contributed by atoms with Crippen molar-refractivity contribution < 1.29 is 97.1 Å². The summed E-state index contributed by atoms with van der Waals surface area (Å²) in [4.78, 5) is 44.7. The smallest absolute Gasteiger partial charge is 0.790 e. The van der Waals surface area contributed by atoms with Gasteiger partial charge in [0.25, 0.3) is 0 Å². The molecule has 0 unspecified atom stereocenters.